The number of carbonyl (C=O) groups is 12. The molecule has 0 aromatic carbocycles. The van der Waals surface area contributed by atoms with E-state index in [1.807, 2.05) is 27.7 Å². The van der Waals surface area contributed by atoms with Crippen LogP contribution in [0.3, 0.4) is 0 Å². The summed E-state index contributed by atoms with van der Waals surface area (Å²) in [5.41, 5.74) is -1.57. The average molecular weight is 1440 g/mol. The molecular formula is C71H114ClF3N12O13. The molecule has 29 heteroatoms. The van der Waals surface area contributed by atoms with E-state index in [4.69, 9.17) is 16.3 Å². The topological polar surface area (TPSA) is 279 Å². The molecule has 14 atom stereocenters. The van der Waals surface area contributed by atoms with Gasteiger partial charge in [0.25, 0.3) is 0 Å². The molecular weight excluding hydrogens is 1320 g/mol. The van der Waals surface area contributed by atoms with Gasteiger partial charge in [-0.1, -0.05) is 67.2 Å². The zero-order valence-electron chi connectivity index (χ0n) is 61.4. The first-order chi connectivity index (χ1) is 47.1. The van der Waals surface area contributed by atoms with Crippen LogP contribution in [0.4, 0.5) is 13.2 Å². The standard InChI is InChI=1S/C71H114ClF3N12O13/c1-14-43(5)58-67(97)80(9)45(7)62(92)87-36-30-52(87)65(95)83(12)55(41-100-47-23-21-24-47)64(94)79(8)40-56(88)76-50(29-27-46-26-28-48(49(72)38-46)71(73,74)75)63(93)86-35-22-25-51(86)61(91)78-70(31-17-18-32-70)69(99)84(13)59(44(6)15-2)68(98)82(11)54(66(96)85-33-19-16-20-34-85)39-57(89)81(10)53(37-42(3)4)60(90)77-58/h42-55,58-59H,14-41H2,1-13H3,(H,76,88)(H,77,90)(H,78,91)/t43-,44-,45-,46?,48?,49?,50-,51-,52-,53-,54-,55-,58-,59-/m0/s1. The van der Waals surface area contributed by atoms with Gasteiger partial charge in [-0.25, -0.2) is 0 Å². The average Bonchev–Trinajstić information content (AvgIpc) is 1.35. The smallest absolute Gasteiger partial charge is 0.376 e. The highest BCUT2D eigenvalue weighted by molar-refractivity contribution is 6.21. The Morgan fingerprint density at radius 1 is 0.620 bits per heavy atom. The lowest BCUT2D eigenvalue weighted by atomic mass is 9.78. The molecule has 3 saturated carbocycles. The van der Waals surface area contributed by atoms with Gasteiger partial charge >= 0.3 is 6.18 Å². The molecule has 4 heterocycles. The molecule has 0 aromatic rings. The molecule has 564 valence electrons. The maximum atomic E-state index is 15.6. The highest BCUT2D eigenvalue weighted by Crippen LogP contribution is 2.44. The molecule has 4 saturated heterocycles. The Labute approximate surface area is 594 Å². The van der Waals surface area contributed by atoms with Crippen molar-refractivity contribution >= 4 is 82.5 Å². The fraction of sp³-hybridized carbons (Fsp3) is 0.831. The van der Waals surface area contributed by atoms with Crippen LogP contribution < -0.4 is 16.0 Å². The maximum Gasteiger partial charge on any atom is 0.393 e. The number of hydrogen-bond acceptors (Lipinski definition) is 13. The van der Waals surface area contributed by atoms with Crippen LogP contribution in [-0.2, 0) is 62.3 Å². The third-order valence-corrected chi connectivity index (χ3v) is 23.6. The fourth-order valence-corrected chi connectivity index (χ4v) is 16.1. The highest BCUT2D eigenvalue weighted by atomic mass is 35.5. The molecule has 100 heavy (non-hydrogen) atoms. The molecule has 0 bridgehead atoms. The molecule has 1 spiro atoms. The molecule has 7 rings (SSSR count). The van der Waals surface area contributed by atoms with E-state index in [1.54, 1.807) is 18.7 Å². The number of hydrogen-bond donors (Lipinski definition) is 3. The van der Waals surface area contributed by atoms with E-state index >= 15 is 28.8 Å². The lowest BCUT2D eigenvalue weighted by Crippen LogP contribution is -2.65. The lowest BCUT2D eigenvalue weighted by Gasteiger charge is -2.45. The number of alkyl halides is 4. The van der Waals surface area contributed by atoms with Crippen molar-refractivity contribution in [3.63, 3.8) is 0 Å². The highest BCUT2D eigenvalue weighted by Gasteiger charge is 2.53. The molecule has 7 fully saturated rings. The maximum absolute atomic E-state index is 15.6. The number of amides is 12. The van der Waals surface area contributed by atoms with Crippen LogP contribution >= 0.6 is 11.6 Å². The van der Waals surface area contributed by atoms with E-state index in [0.29, 0.717) is 70.9 Å². The van der Waals surface area contributed by atoms with Crippen LogP contribution in [0.2, 0.25) is 0 Å². The van der Waals surface area contributed by atoms with Gasteiger partial charge in [-0.05, 0) is 140 Å². The van der Waals surface area contributed by atoms with Crippen LogP contribution in [0.5, 0.6) is 0 Å². The van der Waals surface area contributed by atoms with Crippen molar-refractivity contribution in [3.05, 3.63) is 0 Å². The van der Waals surface area contributed by atoms with Gasteiger partial charge in [0.15, 0.2) is 0 Å². The fourth-order valence-electron chi connectivity index (χ4n) is 15.6. The van der Waals surface area contributed by atoms with Gasteiger partial charge in [0.05, 0.1) is 31.6 Å². The minimum absolute atomic E-state index is 0.0107. The first-order valence-electron chi connectivity index (χ1n) is 36.8. The molecule has 0 aromatic heterocycles. The summed E-state index contributed by atoms with van der Waals surface area (Å²) in [5, 5.41) is 7.56. The zero-order chi connectivity index (χ0) is 74.0. The molecule has 3 N–H and O–H groups in total. The van der Waals surface area contributed by atoms with E-state index < -0.39 is 173 Å². The van der Waals surface area contributed by atoms with Gasteiger partial charge in [0.1, 0.15) is 59.9 Å². The number of piperidine rings is 1. The molecule has 3 aliphatic carbocycles. The SMILES string of the molecule is CC[C@H](C)[C@@H]1NC(=O)[C@H](CC(C)C)N(C)C(=O)C[C@@H](C(=O)N2CCCCC2)N(C)C(=O)[C@H]([C@@H](C)CC)N(C)C(=O)C2(CCCC2)NC(=O)[C@@H]2CCCN2C(=O)[C@H](CCC2CCC(C(F)(F)F)C(Cl)C2)NC(=O)CN(C)C(=O)[C@H](COC2CCC2)N(C)C(=O)[C@@H]2CCN2C(=O)[C@H](C)N(C)C1=O. The van der Waals surface area contributed by atoms with Crippen molar-refractivity contribution in [1.29, 1.82) is 0 Å². The Hall–Kier alpha value is -6.32. The number of rotatable bonds is 13. The van der Waals surface area contributed by atoms with Crippen LogP contribution in [-0.4, -0.2) is 274 Å². The Morgan fingerprint density at radius 3 is 1.83 bits per heavy atom. The molecule has 12 amide bonds. The second-order valence-electron chi connectivity index (χ2n) is 30.3. The van der Waals surface area contributed by atoms with Gasteiger partial charge in [-0.3, -0.25) is 57.5 Å². The minimum Gasteiger partial charge on any atom is -0.376 e. The minimum atomic E-state index is -4.51. The van der Waals surface area contributed by atoms with E-state index in [2.05, 4.69) is 16.0 Å². The van der Waals surface area contributed by atoms with Gasteiger partial charge in [-0.15, -0.1) is 11.6 Å². The van der Waals surface area contributed by atoms with Crippen molar-refractivity contribution in [2.24, 2.45) is 29.6 Å². The van der Waals surface area contributed by atoms with Crippen LogP contribution in [0.25, 0.3) is 0 Å². The molecule has 4 aliphatic heterocycles. The summed E-state index contributed by atoms with van der Waals surface area (Å²) >= 11 is 6.39. The van der Waals surface area contributed by atoms with E-state index in [9.17, 15) is 41.9 Å². The molecule has 7 aliphatic rings. The van der Waals surface area contributed by atoms with Gasteiger partial charge in [0.2, 0.25) is 70.9 Å². The van der Waals surface area contributed by atoms with Crippen LogP contribution in [0.1, 0.15) is 190 Å². The van der Waals surface area contributed by atoms with Crippen LogP contribution in [0.15, 0.2) is 0 Å². The number of likely N-dealkylation sites (tertiary alicyclic amines) is 1. The number of ether oxygens (including phenoxy) is 1. The number of fused-ring (bicyclic) bond motifs is 2. The zero-order valence-corrected chi connectivity index (χ0v) is 62.1. The summed E-state index contributed by atoms with van der Waals surface area (Å²) in [6, 6.07) is -11.2. The number of carbonyl (C=O) groups excluding carboxylic acids is 12. The second kappa shape index (κ2) is 35.2. The summed E-state index contributed by atoms with van der Waals surface area (Å²) in [4.78, 5) is 191. The largest absolute Gasteiger partial charge is 0.393 e. The molecule has 25 nitrogen and oxygen atoms in total. The van der Waals surface area contributed by atoms with Gasteiger partial charge in [0, 0.05) is 73.8 Å². The monoisotopic (exact) mass is 1430 g/mol. The number of halogens is 4. The molecule has 3 unspecified atom stereocenters. The van der Waals surface area contributed by atoms with Gasteiger partial charge < -0.3 is 64.8 Å². The number of nitrogens with zero attached hydrogens (tertiary/aromatic N) is 9. The van der Waals surface area contributed by atoms with Crippen molar-refractivity contribution < 1.29 is 75.4 Å². The van der Waals surface area contributed by atoms with Gasteiger partial charge in [-0.2, -0.15) is 13.2 Å². The van der Waals surface area contributed by atoms with Crippen molar-refractivity contribution in [3.8, 4) is 0 Å². The second-order valence-corrected chi connectivity index (χ2v) is 30.9. The summed E-state index contributed by atoms with van der Waals surface area (Å²) in [5.74, 6) is -11.1. The summed E-state index contributed by atoms with van der Waals surface area (Å²) < 4.78 is 48.2. The third kappa shape index (κ3) is 18.9. The van der Waals surface area contributed by atoms with Crippen LogP contribution in [0, 0.1) is 29.6 Å². The first kappa shape index (κ1) is 81.0. The van der Waals surface area contributed by atoms with Crippen molar-refractivity contribution in [1.82, 2.24) is 60.0 Å². The Morgan fingerprint density at radius 2 is 1.26 bits per heavy atom. The molecule has 0 radical (unpaired) electrons. The third-order valence-electron chi connectivity index (χ3n) is 23.1. The summed E-state index contributed by atoms with van der Waals surface area (Å²) in [7, 11) is 8.51. The van der Waals surface area contributed by atoms with E-state index in [0.717, 1.165) is 17.7 Å². The normalized spacial score (nSPS) is 31.0. The van der Waals surface area contributed by atoms with Crippen molar-refractivity contribution in [2.75, 3.05) is 81.6 Å². The van der Waals surface area contributed by atoms with Crippen molar-refractivity contribution in [2.45, 2.75) is 267 Å². The predicted octanol–water partition coefficient (Wildman–Crippen LogP) is 5.08. The lowest BCUT2D eigenvalue weighted by molar-refractivity contribution is -0.182. The van der Waals surface area contributed by atoms with E-state index in [-0.39, 0.29) is 102 Å². The quantitative estimate of drug-likeness (QED) is 0.203. The van der Waals surface area contributed by atoms with E-state index in [1.165, 1.54) is 83.5 Å². The Balaban J connectivity index is 1.27. The Bertz CT molecular complexity index is 2950. The predicted molar refractivity (Wildman–Crippen MR) is 367 cm³/mol. The number of likely N-dealkylation sites (N-methyl/N-ethyl adjacent to an activating group) is 6. The first-order valence-corrected chi connectivity index (χ1v) is 37.2. The number of nitrogens with one attached hydrogen (secondary N) is 3. The summed E-state index contributed by atoms with van der Waals surface area (Å²) in [6.07, 6.45) is 2.21. The Kier molecular flexibility index (Phi) is 28.5. The summed E-state index contributed by atoms with van der Waals surface area (Å²) in [6.45, 7) is 12.5.